The van der Waals surface area contributed by atoms with Crippen LogP contribution in [-0.4, -0.2) is 15.0 Å². The molecule has 6 heteroatoms. The van der Waals surface area contributed by atoms with Crippen LogP contribution in [-0.2, 0) is 13.0 Å². The molecule has 0 aliphatic carbocycles. The van der Waals surface area contributed by atoms with E-state index < -0.39 is 0 Å². The molecule has 0 spiro atoms. The summed E-state index contributed by atoms with van der Waals surface area (Å²) in [4.78, 5) is 12.0. The third-order valence-corrected chi connectivity index (χ3v) is 3.61. The molecule has 1 aromatic carbocycles. The van der Waals surface area contributed by atoms with Crippen molar-refractivity contribution in [2.75, 3.05) is 11.5 Å². The van der Waals surface area contributed by atoms with Crippen molar-refractivity contribution in [3.63, 3.8) is 0 Å². The lowest BCUT2D eigenvalue weighted by Gasteiger charge is -2.23. The number of rotatable bonds is 6. The smallest absolute Gasteiger partial charge is 0.225 e. The highest BCUT2D eigenvalue weighted by molar-refractivity contribution is 5.27. The van der Waals surface area contributed by atoms with Crippen LogP contribution in [0.1, 0.15) is 43.8 Å². The van der Waals surface area contributed by atoms with Gasteiger partial charge in [-0.1, -0.05) is 45.0 Å². The normalized spacial score (nSPS) is 12.5. The Morgan fingerprint density at radius 2 is 1.59 bits per heavy atom. The van der Waals surface area contributed by atoms with Gasteiger partial charge in [-0.2, -0.15) is 15.0 Å². The molecule has 0 amide bonds. The first-order valence-electron chi connectivity index (χ1n) is 7.57. The van der Waals surface area contributed by atoms with Crippen LogP contribution in [0.2, 0.25) is 0 Å². The van der Waals surface area contributed by atoms with E-state index in [2.05, 4.69) is 65.3 Å². The molecular formula is C16H24N6. The fourth-order valence-electron chi connectivity index (χ4n) is 2.44. The number of anilines is 2. The molecule has 5 N–H and O–H groups in total. The number of nitrogens with two attached hydrogens (primary N) is 2. The molecule has 0 bridgehead atoms. The first kappa shape index (κ1) is 16.2. The molecule has 0 fully saturated rings. The number of hydrogen-bond acceptors (Lipinski definition) is 6. The lowest BCUT2D eigenvalue weighted by molar-refractivity contribution is 0.406. The SMILES string of the molecule is CCc1ccc([C@H](NCc2nc(N)nc(N)n2)C(C)C)cc1. The average Bonchev–Trinajstić information content (AvgIpc) is 2.47. The monoisotopic (exact) mass is 300 g/mol. The quantitative estimate of drug-likeness (QED) is 0.755. The molecule has 0 saturated heterocycles. The fourth-order valence-corrected chi connectivity index (χ4v) is 2.44. The highest BCUT2D eigenvalue weighted by Crippen LogP contribution is 2.22. The van der Waals surface area contributed by atoms with E-state index in [9.17, 15) is 0 Å². The Hall–Kier alpha value is -2.21. The molecule has 1 aromatic heterocycles. The van der Waals surface area contributed by atoms with E-state index in [0.29, 0.717) is 18.3 Å². The third kappa shape index (κ3) is 4.14. The Bertz CT molecular complexity index is 588. The second-order valence-electron chi connectivity index (χ2n) is 5.67. The predicted molar refractivity (Wildman–Crippen MR) is 88.9 cm³/mol. The summed E-state index contributed by atoms with van der Waals surface area (Å²) < 4.78 is 0. The molecule has 0 unspecified atom stereocenters. The minimum atomic E-state index is 0.151. The number of nitrogens with zero attached hydrogens (tertiary/aromatic N) is 3. The molecule has 1 atom stereocenters. The van der Waals surface area contributed by atoms with Gasteiger partial charge in [0.2, 0.25) is 11.9 Å². The van der Waals surface area contributed by atoms with Crippen LogP contribution >= 0.6 is 0 Å². The molecule has 0 radical (unpaired) electrons. The summed E-state index contributed by atoms with van der Waals surface area (Å²) in [6, 6.07) is 8.90. The predicted octanol–water partition coefficient (Wildman–Crippen LogP) is 2.09. The summed E-state index contributed by atoms with van der Waals surface area (Å²) in [6.45, 7) is 7.02. The summed E-state index contributed by atoms with van der Waals surface area (Å²) in [6.07, 6.45) is 1.05. The van der Waals surface area contributed by atoms with Gasteiger partial charge in [-0.25, -0.2) is 0 Å². The summed E-state index contributed by atoms with van der Waals surface area (Å²) in [7, 11) is 0. The van der Waals surface area contributed by atoms with Crippen molar-refractivity contribution in [1.29, 1.82) is 0 Å². The fraction of sp³-hybridized carbons (Fsp3) is 0.438. The number of aryl methyl sites for hydroxylation is 1. The Morgan fingerprint density at radius 3 is 2.09 bits per heavy atom. The van der Waals surface area contributed by atoms with Gasteiger partial charge in [-0.05, 0) is 23.5 Å². The van der Waals surface area contributed by atoms with E-state index in [1.54, 1.807) is 0 Å². The zero-order chi connectivity index (χ0) is 16.1. The highest BCUT2D eigenvalue weighted by atomic mass is 15.2. The molecule has 2 aromatic rings. The van der Waals surface area contributed by atoms with Gasteiger partial charge in [-0.15, -0.1) is 0 Å². The minimum absolute atomic E-state index is 0.151. The number of nitrogens with one attached hydrogen (secondary N) is 1. The van der Waals surface area contributed by atoms with Crippen LogP contribution in [0, 0.1) is 5.92 Å². The number of hydrogen-bond donors (Lipinski definition) is 3. The maximum absolute atomic E-state index is 5.60. The lowest BCUT2D eigenvalue weighted by atomic mass is 9.95. The maximum atomic E-state index is 5.60. The number of benzene rings is 1. The Balaban J connectivity index is 2.11. The van der Waals surface area contributed by atoms with Gasteiger partial charge in [0, 0.05) is 6.04 Å². The Labute approximate surface area is 131 Å². The molecule has 22 heavy (non-hydrogen) atoms. The largest absolute Gasteiger partial charge is 0.368 e. The van der Waals surface area contributed by atoms with Gasteiger partial charge in [0.15, 0.2) is 0 Å². The zero-order valence-corrected chi connectivity index (χ0v) is 13.4. The molecule has 0 aliphatic heterocycles. The van der Waals surface area contributed by atoms with E-state index in [1.807, 2.05) is 0 Å². The van der Waals surface area contributed by atoms with Crippen molar-refractivity contribution in [3.8, 4) is 0 Å². The van der Waals surface area contributed by atoms with Crippen LogP contribution in [0.4, 0.5) is 11.9 Å². The summed E-state index contributed by atoms with van der Waals surface area (Å²) in [5.74, 6) is 1.29. The zero-order valence-electron chi connectivity index (χ0n) is 13.4. The number of nitrogen functional groups attached to an aromatic ring is 2. The molecular weight excluding hydrogens is 276 g/mol. The second-order valence-corrected chi connectivity index (χ2v) is 5.67. The van der Waals surface area contributed by atoms with Crippen molar-refractivity contribution >= 4 is 11.9 Å². The Morgan fingerprint density at radius 1 is 1.00 bits per heavy atom. The Kier molecular flexibility index (Phi) is 5.27. The van der Waals surface area contributed by atoms with Gasteiger partial charge in [0.25, 0.3) is 0 Å². The van der Waals surface area contributed by atoms with Crippen LogP contribution in [0.5, 0.6) is 0 Å². The second kappa shape index (κ2) is 7.17. The van der Waals surface area contributed by atoms with E-state index in [4.69, 9.17) is 11.5 Å². The summed E-state index contributed by atoms with van der Waals surface area (Å²) in [5, 5.41) is 3.48. The summed E-state index contributed by atoms with van der Waals surface area (Å²) >= 11 is 0. The van der Waals surface area contributed by atoms with E-state index in [1.165, 1.54) is 11.1 Å². The van der Waals surface area contributed by atoms with Crippen molar-refractivity contribution in [3.05, 3.63) is 41.2 Å². The van der Waals surface area contributed by atoms with Crippen LogP contribution in [0.15, 0.2) is 24.3 Å². The van der Waals surface area contributed by atoms with E-state index in [0.717, 1.165) is 6.42 Å². The summed E-state index contributed by atoms with van der Waals surface area (Å²) in [5.41, 5.74) is 13.8. The van der Waals surface area contributed by atoms with Gasteiger partial charge >= 0.3 is 0 Å². The maximum Gasteiger partial charge on any atom is 0.225 e. The third-order valence-electron chi connectivity index (χ3n) is 3.61. The number of aromatic nitrogens is 3. The molecule has 0 saturated carbocycles. The van der Waals surface area contributed by atoms with Gasteiger partial charge in [-0.3, -0.25) is 0 Å². The minimum Gasteiger partial charge on any atom is -0.368 e. The topological polar surface area (TPSA) is 103 Å². The van der Waals surface area contributed by atoms with Crippen molar-refractivity contribution in [2.45, 2.75) is 39.8 Å². The molecule has 118 valence electrons. The van der Waals surface area contributed by atoms with Gasteiger partial charge in [0.05, 0.1) is 6.54 Å². The van der Waals surface area contributed by atoms with Crippen molar-refractivity contribution < 1.29 is 0 Å². The molecule has 2 rings (SSSR count). The molecule has 6 nitrogen and oxygen atoms in total. The van der Waals surface area contributed by atoms with E-state index in [-0.39, 0.29) is 17.9 Å². The van der Waals surface area contributed by atoms with Crippen molar-refractivity contribution in [2.24, 2.45) is 5.92 Å². The average molecular weight is 300 g/mol. The van der Waals surface area contributed by atoms with Gasteiger partial charge < -0.3 is 16.8 Å². The first-order chi connectivity index (χ1) is 10.5. The lowest BCUT2D eigenvalue weighted by Crippen LogP contribution is -2.26. The van der Waals surface area contributed by atoms with Crippen LogP contribution in [0.25, 0.3) is 0 Å². The standard InChI is InChI=1S/C16H24N6/c1-4-11-5-7-12(8-6-11)14(10(2)3)19-9-13-20-15(17)22-16(18)21-13/h5-8,10,14,19H,4,9H2,1-3H3,(H4,17,18,20,21,22)/t14-/m1/s1. The first-order valence-corrected chi connectivity index (χ1v) is 7.57. The van der Waals surface area contributed by atoms with Crippen LogP contribution in [0.3, 0.4) is 0 Å². The molecule has 0 aliphatic rings. The highest BCUT2D eigenvalue weighted by Gasteiger charge is 2.16. The van der Waals surface area contributed by atoms with Crippen molar-refractivity contribution in [1.82, 2.24) is 20.3 Å². The van der Waals surface area contributed by atoms with E-state index >= 15 is 0 Å². The van der Waals surface area contributed by atoms with Crippen LogP contribution < -0.4 is 16.8 Å². The molecule has 1 heterocycles. The van der Waals surface area contributed by atoms with Gasteiger partial charge in [0.1, 0.15) is 5.82 Å².